The van der Waals surface area contributed by atoms with Crippen molar-refractivity contribution in [3.8, 4) is 0 Å². The number of alkyl halides is 1. The first-order valence-corrected chi connectivity index (χ1v) is 7.47. The summed E-state index contributed by atoms with van der Waals surface area (Å²) in [6, 6.07) is 3.89. The lowest BCUT2D eigenvalue weighted by Crippen LogP contribution is -2.50. The maximum Gasteiger partial charge on any atom is 0.322 e. The van der Waals surface area contributed by atoms with E-state index in [-0.39, 0.29) is 22.5 Å². The molecule has 3 unspecified atom stereocenters. The number of urea groups is 1. The van der Waals surface area contributed by atoms with Crippen LogP contribution in [0.25, 0.3) is 0 Å². The van der Waals surface area contributed by atoms with Crippen molar-refractivity contribution in [2.75, 3.05) is 0 Å². The van der Waals surface area contributed by atoms with Gasteiger partial charge in [0, 0.05) is 10.7 Å². The third kappa shape index (κ3) is 1.70. The molecule has 3 atom stereocenters. The Morgan fingerprint density at radius 1 is 1.50 bits per heavy atom. The van der Waals surface area contributed by atoms with Gasteiger partial charge in [0.1, 0.15) is 5.82 Å². The Morgan fingerprint density at radius 3 is 2.85 bits per heavy atom. The molecule has 1 heterocycles. The van der Waals surface area contributed by atoms with E-state index in [1.165, 1.54) is 12.1 Å². The van der Waals surface area contributed by atoms with Crippen molar-refractivity contribution in [2.24, 2.45) is 5.92 Å². The smallest absolute Gasteiger partial charge is 0.319 e. The molecule has 0 aromatic heterocycles. The predicted molar refractivity (Wildman–Crippen MR) is 75.0 cm³/mol. The first kappa shape index (κ1) is 13.5. The Bertz CT molecular complexity index is 607. The van der Waals surface area contributed by atoms with Gasteiger partial charge in [-0.1, -0.05) is 28.9 Å². The summed E-state index contributed by atoms with van der Waals surface area (Å²) in [4.78, 5) is 24.1. The minimum Gasteiger partial charge on any atom is -0.319 e. The molecule has 3 rings (SSSR count). The van der Waals surface area contributed by atoms with Crippen molar-refractivity contribution in [3.63, 3.8) is 0 Å². The second-order valence-electron chi connectivity index (χ2n) is 5.25. The quantitative estimate of drug-likeness (QED) is 0.640. The summed E-state index contributed by atoms with van der Waals surface area (Å²) in [5.74, 6) is -0.807. The van der Waals surface area contributed by atoms with Crippen molar-refractivity contribution in [1.29, 1.82) is 0 Å². The van der Waals surface area contributed by atoms with Gasteiger partial charge in [0.2, 0.25) is 0 Å². The maximum absolute atomic E-state index is 13.4. The fourth-order valence-corrected chi connectivity index (χ4v) is 3.89. The van der Waals surface area contributed by atoms with Crippen LogP contribution in [-0.4, -0.2) is 16.8 Å². The SMILES string of the molecule is CCC(Br)C1Cc2cc(F)ccc2C12NC(=O)NC2=O. The van der Waals surface area contributed by atoms with Gasteiger partial charge in [-0.25, -0.2) is 9.18 Å². The molecule has 0 bridgehead atoms. The molecule has 1 aliphatic carbocycles. The van der Waals surface area contributed by atoms with E-state index in [0.717, 1.165) is 12.0 Å². The standard InChI is InChI=1S/C14H14BrFN2O2/c1-2-11(15)10-6-7-5-8(16)3-4-9(7)14(10)12(19)17-13(20)18-14/h3-5,10-11H,2,6H2,1H3,(H2,17,18,19,20). The molecule has 1 aliphatic heterocycles. The van der Waals surface area contributed by atoms with Gasteiger partial charge in [0.25, 0.3) is 5.91 Å². The zero-order valence-electron chi connectivity index (χ0n) is 10.9. The summed E-state index contributed by atoms with van der Waals surface area (Å²) in [5, 5.41) is 5.08. The molecule has 2 N–H and O–H groups in total. The Balaban J connectivity index is 2.17. The van der Waals surface area contributed by atoms with E-state index >= 15 is 0 Å². The van der Waals surface area contributed by atoms with E-state index in [1.54, 1.807) is 6.07 Å². The van der Waals surface area contributed by atoms with Gasteiger partial charge in [-0.3, -0.25) is 10.1 Å². The molecule has 1 spiro atoms. The molecule has 4 nitrogen and oxygen atoms in total. The van der Waals surface area contributed by atoms with Gasteiger partial charge in [0.05, 0.1) is 0 Å². The third-order valence-corrected chi connectivity index (χ3v) is 5.50. The second-order valence-corrected chi connectivity index (χ2v) is 6.43. The number of nitrogens with one attached hydrogen (secondary N) is 2. The topological polar surface area (TPSA) is 58.2 Å². The van der Waals surface area contributed by atoms with Crippen LogP contribution < -0.4 is 10.6 Å². The summed E-state index contributed by atoms with van der Waals surface area (Å²) < 4.78 is 13.4. The van der Waals surface area contributed by atoms with Crippen LogP contribution in [-0.2, 0) is 16.8 Å². The van der Waals surface area contributed by atoms with E-state index in [4.69, 9.17) is 0 Å². The summed E-state index contributed by atoms with van der Waals surface area (Å²) in [5.41, 5.74) is 0.403. The number of carbonyl (C=O) groups excluding carboxylic acids is 2. The van der Waals surface area contributed by atoms with Gasteiger partial charge < -0.3 is 5.32 Å². The van der Waals surface area contributed by atoms with Gasteiger partial charge in [-0.05, 0) is 36.1 Å². The molecule has 1 aromatic carbocycles. The molecular weight excluding hydrogens is 327 g/mol. The van der Waals surface area contributed by atoms with Crippen LogP contribution in [0.15, 0.2) is 18.2 Å². The monoisotopic (exact) mass is 340 g/mol. The van der Waals surface area contributed by atoms with E-state index in [9.17, 15) is 14.0 Å². The van der Waals surface area contributed by atoms with E-state index < -0.39 is 11.6 Å². The van der Waals surface area contributed by atoms with E-state index in [2.05, 4.69) is 26.6 Å². The lowest BCUT2D eigenvalue weighted by atomic mass is 9.81. The molecular formula is C14H14BrFN2O2. The van der Waals surface area contributed by atoms with E-state index in [0.29, 0.717) is 12.0 Å². The van der Waals surface area contributed by atoms with Gasteiger partial charge in [-0.15, -0.1) is 0 Å². The van der Waals surface area contributed by atoms with Crippen molar-refractivity contribution >= 4 is 27.9 Å². The Hall–Kier alpha value is -1.43. The molecule has 1 aromatic rings. The number of rotatable bonds is 2. The first-order valence-electron chi connectivity index (χ1n) is 6.55. The molecule has 20 heavy (non-hydrogen) atoms. The van der Waals surface area contributed by atoms with Crippen LogP contribution >= 0.6 is 15.9 Å². The fourth-order valence-electron chi connectivity index (χ4n) is 3.31. The molecule has 3 amide bonds. The average Bonchev–Trinajstić information content (AvgIpc) is 2.87. The molecule has 106 valence electrons. The number of benzene rings is 1. The minimum absolute atomic E-state index is 0.0575. The Morgan fingerprint density at radius 2 is 2.25 bits per heavy atom. The number of halogens is 2. The van der Waals surface area contributed by atoms with Gasteiger partial charge in [0.15, 0.2) is 5.54 Å². The number of carbonyl (C=O) groups is 2. The zero-order chi connectivity index (χ0) is 14.5. The van der Waals surface area contributed by atoms with Crippen LogP contribution in [0.5, 0.6) is 0 Å². The molecule has 0 saturated carbocycles. The third-order valence-electron chi connectivity index (χ3n) is 4.21. The highest BCUT2D eigenvalue weighted by Crippen LogP contribution is 2.47. The molecule has 2 aliphatic rings. The molecule has 6 heteroatoms. The lowest BCUT2D eigenvalue weighted by molar-refractivity contribution is -0.125. The molecule has 0 radical (unpaired) electrons. The van der Waals surface area contributed by atoms with Crippen LogP contribution in [0.4, 0.5) is 9.18 Å². The number of fused-ring (bicyclic) bond motifs is 2. The van der Waals surface area contributed by atoms with Crippen LogP contribution in [0, 0.1) is 11.7 Å². The van der Waals surface area contributed by atoms with Gasteiger partial charge in [-0.2, -0.15) is 0 Å². The number of hydrogen-bond donors (Lipinski definition) is 2. The van der Waals surface area contributed by atoms with Crippen molar-refractivity contribution < 1.29 is 14.0 Å². The summed E-state index contributed by atoms with van der Waals surface area (Å²) in [6.07, 6.45) is 1.37. The Kier molecular flexibility index (Phi) is 3.08. The normalized spacial score (nSPS) is 29.2. The largest absolute Gasteiger partial charge is 0.322 e. The minimum atomic E-state index is -1.08. The number of imide groups is 1. The zero-order valence-corrected chi connectivity index (χ0v) is 12.5. The predicted octanol–water partition coefficient (Wildman–Crippen LogP) is 2.21. The summed E-state index contributed by atoms with van der Waals surface area (Å²) >= 11 is 3.59. The average molecular weight is 341 g/mol. The maximum atomic E-state index is 13.4. The highest BCUT2D eigenvalue weighted by molar-refractivity contribution is 9.09. The highest BCUT2D eigenvalue weighted by atomic mass is 79.9. The van der Waals surface area contributed by atoms with Crippen LogP contribution in [0.2, 0.25) is 0 Å². The van der Waals surface area contributed by atoms with Crippen LogP contribution in [0.3, 0.4) is 0 Å². The number of amides is 3. The summed E-state index contributed by atoms with van der Waals surface area (Å²) in [6.45, 7) is 2.01. The number of hydrogen-bond acceptors (Lipinski definition) is 2. The first-order chi connectivity index (χ1) is 9.49. The highest BCUT2D eigenvalue weighted by Gasteiger charge is 2.58. The Labute approximate surface area is 124 Å². The lowest BCUT2D eigenvalue weighted by Gasteiger charge is -2.32. The van der Waals surface area contributed by atoms with Crippen molar-refractivity contribution in [2.45, 2.75) is 30.1 Å². The molecule has 1 saturated heterocycles. The van der Waals surface area contributed by atoms with E-state index in [1.807, 2.05) is 6.92 Å². The summed E-state index contributed by atoms with van der Waals surface area (Å²) in [7, 11) is 0. The van der Waals surface area contributed by atoms with Crippen molar-refractivity contribution in [1.82, 2.24) is 10.6 Å². The fraction of sp³-hybridized carbons (Fsp3) is 0.429. The van der Waals surface area contributed by atoms with Crippen LogP contribution in [0.1, 0.15) is 24.5 Å². The second kappa shape index (κ2) is 4.55. The van der Waals surface area contributed by atoms with Gasteiger partial charge >= 0.3 is 6.03 Å². The van der Waals surface area contributed by atoms with Crippen molar-refractivity contribution in [3.05, 3.63) is 35.1 Å². The molecule has 1 fully saturated rings.